The predicted octanol–water partition coefficient (Wildman–Crippen LogP) is 1.35. The molecule has 1 saturated carbocycles. The van der Waals surface area contributed by atoms with Gasteiger partial charge in [0.15, 0.2) is 0 Å². The largest absolute Gasteiger partial charge is 0.342 e. The minimum absolute atomic E-state index is 0.170. The van der Waals surface area contributed by atoms with Crippen LogP contribution in [0.2, 0.25) is 0 Å². The highest BCUT2D eigenvalue weighted by molar-refractivity contribution is 5.78. The lowest BCUT2D eigenvalue weighted by Gasteiger charge is -2.33. The SMILES string of the molecule is CN(C(=O)Cc1cccnc1)C1CCC(N)CC1. The van der Waals surface area contributed by atoms with Crippen LogP contribution in [0.1, 0.15) is 31.2 Å². The molecule has 1 amide bonds. The van der Waals surface area contributed by atoms with Gasteiger partial charge in [-0.25, -0.2) is 0 Å². The summed E-state index contributed by atoms with van der Waals surface area (Å²) < 4.78 is 0. The number of pyridine rings is 1. The molecule has 0 atom stereocenters. The summed E-state index contributed by atoms with van der Waals surface area (Å²) in [4.78, 5) is 18.1. The van der Waals surface area contributed by atoms with Crippen LogP contribution in [0.4, 0.5) is 0 Å². The molecule has 4 nitrogen and oxygen atoms in total. The Morgan fingerprint density at radius 2 is 2.17 bits per heavy atom. The molecule has 18 heavy (non-hydrogen) atoms. The third-order valence-electron chi connectivity index (χ3n) is 3.76. The molecule has 2 rings (SSSR count). The van der Waals surface area contributed by atoms with E-state index in [1.165, 1.54) is 0 Å². The fourth-order valence-corrected chi connectivity index (χ4v) is 2.49. The van der Waals surface area contributed by atoms with Crippen LogP contribution in [-0.2, 0) is 11.2 Å². The van der Waals surface area contributed by atoms with Crippen molar-refractivity contribution < 1.29 is 4.79 Å². The van der Waals surface area contributed by atoms with Crippen molar-refractivity contribution in [2.75, 3.05) is 7.05 Å². The summed E-state index contributed by atoms with van der Waals surface area (Å²) in [5.41, 5.74) is 6.86. The zero-order valence-corrected chi connectivity index (χ0v) is 10.9. The zero-order valence-electron chi connectivity index (χ0n) is 10.9. The fraction of sp³-hybridized carbons (Fsp3) is 0.571. The molecule has 1 aliphatic carbocycles. The molecule has 1 fully saturated rings. The minimum Gasteiger partial charge on any atom is -0.342 e. The van der Waals surface area contributed by atoms with Crippen molar-refractivity contribution in [2.24, 2.45) is 5.73 Å². The second-order valence-electron chi connectivity index (χ2n) is 5.11. The third kappa shape index (κ3) is 3.29. The van der Waals surface area contributed by atoms with Crippen LogP contribution < -0.4 is 5.73 Å². The molecule has 0 bridgehead atoms. The molecule has 1 heterocycles. The van der Waals surface area contributed by atoms with Crippen molar-refractivity contribution in [3.63, 3.8) is 0 Å². The highest BCUT2D eigenvalue weighted by Crippen LogP contribution is 2.21. The van der Waals surface area contributed by atoms with Gasteiger partial charge in [0, 0.05) is 31.5 Å². The van der Waals surface area contributed by atoms with Crippen molar-refractivity contribution >= 4 is 5.91 Å². The summed E-state index contributed by atoms with van der Waals surface area (Å²) in [6.07, 6.45) is 8.01. The molecule has 0 spiro atoms. The first-order valence-electron chi connectivity index (χ1n) is 6.57. The molecule has 2 N–H and O–H groups in total. The average Bonchev–Trinajstić information content (AvgIpc) is 2.40. The quantitative estimate of drug-likeness (QED) is 0.877. The third-order valence-corrected chi connectivity index (χ3v) is 3.76. The lowest BCUT2D eigenvalue weighted by molar-refractivity contribution is -0.131. The summed E-state index contributed by atoms with van der Waals surface area (Å²) in [6.45, 7) is 0. The Morgan fingerprint density at radius 1 is 1.44 bits per heavy atom. The Hall–Kier alpha value is -1.42. The van der Waals surface area contributed by atoms with E-state index >= 15 is 0 Å². The summed E-state index contributed by atoms with van der Waals surface area (Å²) in [7, 11) is 1.90. The number of nitrogens with two attached hydrogens (primary N) is 1. The average molecular weight is 247 g/mol. The second-order valence-corrected chi connectivity index (χ2v) is 5.11. The van der Waals surface area contributed by atoms with E-state index in [-0.39, 0.29) is 5.91 Å². The van der Waals surface area contributed by atoms with E-state index in [9.17, 15) is 4.79 Å². The summed E-state index contributed by atoms with van der Waals surface area (Å²) >= 11 is 0. The van der Waals surface area contributed by atoms with Crippen molar-refractivity contribution in [3.05, 3.63) is 30.1 Å². The van der Waals surface area contributed by atoms with Gasteiger partial charge in [-0.1, -0.05) is 6.07 Å². The zero-order chi connectivity index (χ0) is 13.0. The van der Waals surface area contributed by atoms with Crippen molar-refractivity contribution in [1.29, 1.82) is 0 Å². The molecule has 0 unspecified atom stereocenters. The molecular weight excluding hydrogens is 226 g/mol. The van der Waals surface area contributed by atoms with Crippen molar-refractivity contribution in [2.45, 2.75) is 44.2 Å². The highest BCUT2D eigenvalue weighted by atomic mass is 16.2. The van der Waals surface area contributed by atoms with Crippen LogP contribution >= 0.6 is 0 Å². The monoisotopic (exact) mass is 247 g/mol. The van der Waals surface area contributed by atoms with E-state index in [2.05, 4.69) is 4.98 Å². The molecule has 1 aromatic heterocycles. The summed E-state index contributed by atoms with van der Waals surface area (Å²) in [6, 6.07) is 4.48. The molecule has 1 aromatic rings. The van der Waals surface area contributed by atoms with Crippen molar-refractivity contribution in [3.8, 4) is 0 Å². The number of aromatic nitrogens is 1. The Kier molecular flexibility index (Phi) is 4.31. The Morgan fingerprint density at radius 3 is 2.78 bits per heavy atom. The number of likely N-dealkylation sites (N-methyl/N-ethyl adjacent to an activating group) is 1. The van der Waals surface area contributed by atoms with Gasteiger partial charge in [-0.2, -0.15) is 0 Å². The number of hydrogen-bond acceptors (Lipinski definition) is 3. The standard InChI is InChI=1S/C14H21N3O/c1-17(13-6-4-12(15)5-7-13)14(18)9-11-3-2-8-16-10-11/h2-3,8,10,12-13H,4-7,9,15H2,1H3. The number of hydrogen-bond donors (Lipinski definition) is 1. The van der Waals surface area contributed by atoms with Crippen LogP contribution in [0.3, 0.4) is 0 Å². The molecule has 0 aromatic carbocycles. The second kappa shape index (κ2) is 5.96. The molecule has 0 saturated heterocycles. The van der Waals surface area contributed by atoms with Gasteiger partial charge in [-0.05, 0) is 37.3 Å². The maximum atomic E-state index is 12.2. The van der Waals surface area contributed by atoms with E-state index in [0.717, 1.165) is 31.2 Å². The van der Waals surface area contributed by atoms with Crippen LogP contribution in [0.5, 0.6) is 0 Å². The van der Waals surface area contributed by atoms with E-state index in [1.54, 1.807) is 12.4 Å². The normalized spacial score (nSPS) is 23.7. The van der Waals surface area contributed by atoms with Gasteiger partial charge in [-0.3, -0.25) is 9.78 Å². The Balaban J connectivity index is 1.89. The summed E-state index contributed by atoms with van der Waals surface area (Å²) in [5, 5.41) is 0. The van der Waals surface area contributed by atoms with Gasteiger partial charge in [0.1, 0.15) is 0 Å². The molecule has 0 radical (unpaired) electrons. The first-order valence-corrected chi connectivity index (χ1v) is 6.57. The number of carbonyl (C=O) groups is 1. The predicted molar refractivity (Wildman–Crippen MR) is 70.9 cm³/mol. The fourth-order valence-electron chi connectivity index (χ4n) is 2.49. The smallest absolute Gasteiger partial charge is 0.227 e. The lowest BCUT2D eigenvalue weighted by Crippen LogP contribution is -2.42. The van der Waals surface area contributed by atoms with Crippen LogP contribution in [-0.4, -0.2) is 34.9 Å². The number of carbonyl (C=O) groups excluding carboxylic acids is 1. The van der Waals surface area contributed by atoms with Gasteiger partial charge in [-0.15, -0.1) is 0 Å². The van der Waals surface area contributed by atoms with Gasteiger partial charge < -0.3 is 10.6 Å². The Bertz CT molecular complexity index is 385. The highest BCUT2D eigenvalue weighted by Gasteiger charge is 2.24. The topological polar surface area (TPSA) is 59.2 Å². The maximum absolute atomic E-state index is 12.2. The van der Waals surface area contributed by atoms with E-state index in [4.69, 9.17) is 5.73 Å². The first-order chi connectivity index (χ1) is 8.66. The molecule has 98 valence electrons. The van der Waals surface area contributed by atoms with Crippen LogP contribution in [0, 0.1) is 0 Å². The maximum Gasteiger partial charge on any atom is 0.227 e. The van der Waals surface area contributed by atoms with Gasteiger partial charge in [0.05, 0.1) is 6.42 Å². The van der Waals surface area contributed by atoms with E-state index in [1.807, 2.05) is 24.1 Å². The van der Waals surface area contributed by atoms with E-state index < -0.39 is 0 Å². The van der Waals surface area contributed by atoms with Gasteiger partial charge in [0.25, 0.3) is 0 Å². The van der Waals surface area contributed by atoms with Gasteiger partial charge >= 0.3 is 0 Å². The van der Waals surface area contributed by atoms with Gasteiger partial charge in [0.2, 0.25) is 5.91 Å². The number of nitrogens with zero attached hydrogens (tertiary/aromatic N) is 2. The number of amides is 1. The Labute approximate surface area is 108 Å². The van der Waals surface area contributed by atoms with Crippen molar-refractivity contribution in [1.82, 2.24) is 9.88 Å². The van der Waals surface area contributed by atoms with E-state index in [0.29, 0.717) is 18.5 Å². The molecule has 1 aliphatic rings. The molecule has 0 aliphatic heterocycles. The lowest BCUT2D eigenvalue weighted by atomic mass is 9.91. The minimum atomic E-state index is 0.170. The van der Waals surface area contributed by atoms with Crippen LogP contribution in [0.15, 0.2) is 24.5 Å². The number of rotatable bonds is 3. The first kappa shape index (κ1) is 13.0. The van der Waals surface area contributed by atoms with Crippen LogP contribution in [0.25, 0.3) is 0 Å². The molecule has 4 heteroatoms. The summed E-state index contributed by atoms with van der Waals surface area (Å²) in [5.74, 6) is 0.170. The molecular formula is C14H21N3O.